The fourth-order valence-electron chi connectivity index (χ4n) is 1.81. The molecule has 0 amide bonds. The van der Waals surface area contributed by atoms with Gasteiger partial charge in [0, 0.05) is 39.3 Å². The molecule has 1 saturated heterocycles. The minimum absolute atomic E-state index is 0. The van der Waals surface area contributed by atoms with Gasteiger partial charge in [-0.05, 0) is 6.92 Å². The molecule has 0 aromatic rings. The molecule has 1 aliphatic heterocycles. The van der Waals surface area contributed by atoms with Crippen molar-refractivity contribution in [3.05, 3.63) is 12.2 Å². The molecule has 17 heavy (non-hydrogen) atoms. The van der Waals surface area contributed by atoms with Crippen LogP contribution in [-0.2, 0) is 4.79 Å². The number of rotatable bonds is 5. The highest BCUT2D eigenvalue weighted by atomic mass is 35.5. The number of nitrogens with zero attached hydrogens (tertiary/aromatic N) is 2. The van der Waals surface area contributed by atoms with Crippen LogP contribution in [0, 0.1) is 0 Å². The smallest absolute Gasteiger partial charge is 0.304 e. The molecular weight excluding hydrogens is 263 g/mol. The fourth-order valence-corrected chi connectivity index (χ4v) is 1.81. The summed E-state index contributed by atoms with van der Waals surface area (Å²) in [5.74, 6) is -0.709. The Labute approximate surface area is 115 Å². The second-order valence-corrected chi connectivity index (χ2v) is 4.22. The number of hydrogen-bond acceptors (Lipinski definition) is 3. The monoisotopic (exact) mass is 284 g/mol. The normalized spacial score (nSPS) is 16.8. The molecule has 1 rings (SSSR count). The summed E-state index contributed by atoms with van der Waals surface area (Å²) < 4.78 is 0. The zero-order chi connectivity index (χ0) is 11.3. The first-order valence-corrected chi connectivity index (χ1v) is 5.39. The van der Waals surface area contributed by atoms with Crippen molar-refractivity contribution in [3.63, 3.8) is 0 Å². The summed E-state index contributed by atoms with van der Waals surface area (Å²) in [6.45, 7) is 11.6. The van der Waals surface area contributed by atoms with Crippen molar-refractivity contribution in [2.24, 2.45) is 0 Å². The van der Waals surface area contributed by atoms with Gasteiger partial charge in [0.2, 0.25) is 0 Å². The molecule has 0 aromatic heterocycles. The van der Waals surface area contributed by atoms with Gasteiger partial charge in [0.1, 0.15) is 0 Å². The fraction of sp³-hybridized carbons (Fsp3) is 0.727. The lowest BCUT2D eigenvalue weighted by Crippen LogP contribution is -2.47. The molecule has 0 spiro atoms. The van der Waals surface area contributed by atoms with Crippen LogP contribution in [0.25, 0.3) is 0 Å². The van der Waals surface area contributed by atoms with Crippen molar-refractivity contribution in [1.82, 2.24) is 9.80 Å². The summed E-state index contributed by atoms with van der Waals surface area (Å²) in [4.78, 5) is 15.0. The lowest BCUT2D eigenvalue weighted by atomic mass is 10.2. The van der Waals surface area contributed by atoms with E-state index in [1.807, 2.05) is 6.92 Å². The molecule has 6 heteroatoms. The highest BCUT2D eigenvalue weighted by Gasteiger charge is 2.16. The van der Waals surface area contributed by atoms with Gasteiger partial charge < -0.3 is 10.0 Å². The van der Waals surface area contributed by atoms with E-state index in [-0.39, 0.29) is 31.2 Å². The number of hydrogen-bond donors (Lipinski definition) is 1. The number of carboxylic acids is 1. The molecule has 1 aliphatic rings. The molecule has 1 fully saturated rings. The van der Waals surface area contributed by atoms with E-state index in [2.05, 4.69) is 16.4 Å². The Morgan fingerprint density at radius 3 is 2.06 bits per heavy atom. The van der Waals surface area contributed by atoms with Gasteiger partial charge in [-0.25, -0.2) is 0 Å². The number of halogens is 2. The number of aliphatic carboxylic acids is 1. The quantitative estimate of drug-likeness (QED) is 0.777. The predicted molar refractivity (Wildman–Crippen MR) is 74.4 cm³/mol. The molecule has 1 N–H and O–H groups in total. The van der Waals surface area contributed by atoms with Gasteiger partial charge in [0.15, 0.2) is 0 Å². The van der Waals surface area contributed by atoms with Gasteiger partial charge in [-0.3, -0.25) is 9.69 Å². The topological polar surface area (TPSA) is 43.8 Å². The maximum atomic E-state index is 10.4. The standard InChI is InChI=1S/C11H20N2O2.2ClH/c1-10(2)9-13-7-5-12(6-8-13)4-3-11(14)15;;/h1,3-9H2,2H3,(H,14,15);2*1H. The van der Waals surface area contributed by atoms with E-state index in [1.165, 1.54) is 5.57 Å². The van der Waals surface area contributed by atoms with E-state index >= 15 is 0 Å². The Morgan fingerprint density at radius 1 is 1.18 bits per heavy atom. The Kier molecular flexibility index (Phi) is 10.9. The van der Waals surface area contributed by atoms with Crippen molar-refractivity contribution in [2.45, 2.75) is 13.3 Å². The Hall–Kier alpha value is -0.290. The van der Waals surface area contributed by atoms with E-state index in [4.69, 9.17) is 5.11 Å². The summed E-state index contributed by atoms with van der Waals surface area (Å²) in [5.41, 5.74) is 1.19. The summed E-state index contributed by atoms with van der Waals surface area (Å²) in [7, 11) is 0. The molecule has 0 atom stereocenters. The first kappa shape index (κ1) is 19.1. The van der Waals surface area contributed by atoms with Crippen LogP contribution in [0.4, 0.5) is 0 Å². The third-order valence-electron chi connectivity index (χ3n) is 2.60. The van der Waals surface area contributed by atoms with E-state index < -0.39 is 5.97 Å². The SMILES string of the molecule is C=C(C)CN1CCN(CCC(=O)O)CC1.Cl.Cl. The zero-order valence-electron chi connectivity index (χ0n) is 10.2. The van der Waals surface area contributed by atoms with Gasteiger partial charge in [0.25, 0.3) is 0 Å². The van der Waals surface area contributed by atoms with Crippen LogP contribution < -0.4 is 0 Å². The minimum Gasteiger partial charge on any atom is -0.481 e. The molecule has 0 saturated carbocycles. The first-order valence-electron chi connectivity index (χ1n) is 5.39. The van der Waals surface area contributed by atoms with E-state index in [0.717, 1.165) is 32.7 Å². The highest BCUT2D eigenvalue weighted by molar-refractivity contribution is 5.85. The van der Waals surface area contributed by atoms with Crippen molar-refractivity contribution in [1.29, 1.82) is 0 Å². The van der Waals surface area contributed by atoms with Crippen molar-refractivity contribution in [2.75, 3.05) is 39.3 Å². The molecule has 0 bridgehead atoms. The third-order valence-corrected chi connectivity index (χ3v) is 2.60. The summed E-state index contributed by atoms with van der Waals surface area (Å²) in [5, 5.41) is 8.57. The molecule has 0 aliphatic carbocycles. The van der Waals surface area contributed by atoms with Gasteiger partial charge in [-0.2, -0.15) is 0 Å². The lowest BCUT2D eigenvalue weighted by molar-refractivity contribution is -0.137. The average molecular weight is 285 g/mol. The third kappa shape index (κ3) is 8.44. The van der Waals surface area contributed by atoms with Crippen LogP contribution in [0.15, 0.2) is 12.2 Å². The van der Waals surface area contributed by atoms with Crippen molar-refractivity contribution >= 4 is 30.8 Å². The minimum atomic E-state index is -0.709. The second-order valence-electron chi connectivity index (χ2n) is 4.22. The Morgan fingerprint density at radius 2 is 1.65 bits per heavy atom. The molecule has 0 unspecified atom stereocenters. The molecule has 0 radical (unpaired) electrons. The number of carbonyl (C=O) groups is 1. The number of carboxylic acid groups (broad SMARTS) is 1. The van der Waals surface area contributed by atoms with Gasteiger partial charge in [-0.15, -0.1) is 24.8 Å². The highest BCUT2D eigenvalue weighted by Crippen LogP contribution is 2.04. The zero-order valence-corrected chi connectivity index (χ0v) is 11.9. The second kappa shape index (κ2) is 9.71. The number of piperazine rings is 1. The van der Waals surface area contributed by atoms with E-state index in [0.29, 0.717) is 6.54 Å². The van der Waals surface area contributed by atoms with Crippen LogP contribution >= 0.6 is 24.8 Å². The molecule has 1 heterocycles. The van der Waals surface area contributed by atoms with Crippen LogP contribution in [0.3, 0.4) is 0 Å². The van der Waals surface area contributed by atoms with E-state index in [9.17, 15) is 4.79 Å². The van der Waals surface area contributed by atoms with Crippen LogP contribution in [0.1, 0.15) is 13.3 Å². The average Bonchev–Trinajstić information content (AvgIpc) is 2.16. The maximum Gasteiger partial charge on any atom is 0.304 e. The predicted octanol–water partition coefficient (Wildman–Crippen LogP) is 1.50. The van der Waals surface area contributed by atoms with Crippen LogP contribution in [-0.4, -0.2) is 60.1 Å². The molecule has 102 valence electrons. The lowest BCUT2D eigenvalue weighted by Gasteiger charge is -2.34. The van der Waals surface area contributed by atoms with Gasteiger partial charge >= 0.3 is 5.97 Å². The van der Waals surface area contributed by atoms with Gasteiger partial charge in [0.05, 0.1) is 6.42 Å². The Balaban J connectivity index is 0. The van der Waals surface area contributed by atoms with Crippen molar-refractivity contribution in [3.8, 4) is 0 Å². The van der Waals surface area contributed by atoms with Gasteiger partial charge in [-0.1, -0.05) is 12.2 Å². The van der Waals surface area contributed by atoms with Crippen LogP contribution in [0.5, 0.6) is 0 Å². The maximum absolute atomic E-state index is 10.4. The van der Waals surface area contributed by atoms with Crippen LogP contribution in [0.2, 0.25) is 0 Å². The first-order chi connectivity index (χ1) is 7.08. The molecule has 0 aromatic carbocycles. The summed E-state index contributed by atoms with van der Waals surface area (Å²) in [6.07, 6.45) is 0.250. The van der Waals surface area contributed by atoms with Crippen molar-refractivity contribution < 1.29 is 9.90 Å². The molecule has 4 nitrogen and oxygen atoms in total. The Bertz CT molecular complexity index is 242. The van der Waals surface area contributed by atoms with E-state index in [1.54, 1.807) is 0 Å². The summed E-state index contributed by atoms with van der Waals surface area (Å²) in [6, 6.07) is 0. The molecular formula is C11H22Cl2N2O2. The summed E-state index contributed by atoms with van der Waals surface area (Å²) >= 11 is 0. The largest absolute Gasteiger partial charge is 0.481 e.